The topological polar surface area (TPSA) is 98.9 Å². The van der Waals surface area contributed by atoms with Crippen LogP contribution in [0.5, 0.6) is 0 Å². The minimum atomic E-state index is -0.523. The fourth-order valence-corrected chi connectivity index (χ4v) is 3.03. The number of hydrogen-bond acceptors (Lipinski definition) is 5. The van der Waals surface area contributed by atoms with Gasteiger partial charge >= 0.3 is 0 Å². The summed E-state index contributed by atoms with van der Waals surface area (Å²) in [6.07, 6.45) is 0. The summed E-state index contributed by atoms with van der Waals surface area (Å²) in [5.41, 5.74) is 2.87. The van der Waals surface area contributed by atoms with Gasteiger partial charge < -0.3 is 0 Å². The van der Waals surface area contributed by atoms with E-state index in [-0.39, 0.29) is 22.6 Å². The molecule has 0 fully saturated rings. The highest BCUT2D eigenvalue weighted by molar-refractivity contribution is 6.33. The third-order valence-electron chi connectivity index (χ3n) is 4.34. The van der Waals surface area contributed by atoms with Gasteiger partial charge in [0.2, 0.25) is 5.91 Å². The molecular weight excluding hydrogens is 357 g/mol. The quantitative estimate of drug-likeness (QED) is 0.508. The van der Waals surface area contributed by atoms with Crippen molar-refractivity contribution in [3.8, 4) is 11.6 Å². The number of hydrogen-bond donors (Lipinski definition) is 1. The van der Waals surface area contributed by atoms with Gasteiger partial charge in [0.1, 0.15) is 7.85 Å². The number of carbonyl (C=O) groups excluding carboxylic acids is 1. The summed E-state index contributed by atoms with van der Waals surface area (Å²) in [6, 6.07) is 11.6. The zero-order valence-corrected chi connectivity index (χ0v) is 15.1. The first kappa shape index (κ1) is 17.7. The fraction of sp³-hybridized carbons (Fsp3) is 0.105. The van der Waals surface area contributed by atoms with Gasteiger partial charge in [-0.3, -0.25) is 24.4 Å². The van der Waals surface area contributed by atoms with Crippen molar-refractivity contribution >= 4 is 41.0 Å². The maximum atomic E-state index is 13.0. The van der Waals surface area contributed by atoms with E-state index in [4.69, 9.17) is 7.85 Å². The molecule has 2 radical (unpaired) electrons. The Morgan fingerprint density at radius 1 is 0.964 bits per heavy atom. The summed E-state index contributed by atoms with van der Waals surface area (Å²) in [5.74, 6) is -0.282. The van der Waals surface area contributed by atoms with Gasteiger partial charge in [-0.1, -0.05) is 29.7 Å². The molecule has 0 atom stereocenters. The molecule has 0 aliphatic rings. The van der Waals surface area contributed by atoms with Crippen molar-refractivity contribution in [3.05, 3.63) is 63.2 Å². The van der Waals surface area contributed by atoms with E-state index in [1.807, 2.05) is 0 Å². The van der Waals surface area contributed by atoms with Crippen molar-refractivity contribution in [2.75, 3.05) is 5.43 Å². The van der Waals surface area contributed by atoms with Crippen LogP contribution in [0.15, 0.2) is 52.1 Å². The van der Waals surface area contributed by atoms with Crippen LogP contribution in [0.25, 0.3) is 33.5 Å². The van der Waals surface area contributed by atoms with Gasteiger partial charge in [-0.15, -0.1) is 0 Å². The Kier molecular flexibility index (Phi) is 4.07. The van der Waals surface area contributed by atoms with Crippen molar-refractivity contribution < 1.29 is 4.79 Å². The largest absolute Gasteiger partial charge is 0.293 e. The molecule has 9 heteroatoms. The van der Waals surface area contributed by atoms with Crippen LogP contribution in [0.1, 0.15) is 6.92 Å². The second kappa shape index (κ2) is 6.45. The van der Waals surface area contributed by atoms with Gasteiger partial charge in [-0.05, 0) is 18.2 Å². The molecule has 0 unspecified atom stereocenters. The molecule has 8 nitrogen and oxygen atoms in total. The first-order chi connectivity index (χ1) is 13.4. The number of fused-ring (bicyclic) bond motifs is 2. The second-order valence-electron chi connectivity index (χ2n) is 6.34. The van der Waals surface area contributed by atoms with E-state index in [2.05, 4.69) is 15.4 Å². The summed E-state index contributed by atoms with van der Waals surface area (Å²) in [4.78, 5) is 46.4. The summed E-state index contributed by atoms with van der Waals surface area (Å²) in [5, 5.41) is 0.680. The van der Waals surface area contributed by atoms with E-state index in [1.54, 1.807) is 36.4 Å². The number of aromatic nitrogens is 4. The molecule has 4 rings (SSSR count). The number of nitrogens with zero attached hydrogens (tertiary/aromatic N) is 4. The average molecular weight is 371 g/mol. The first-order valence-electron chi connectivity index (χ1n) is 8.43. The Bertz CT molecular complexity index is 1390. The van der Waals surface area contributed by atoms with E-state index in [0.717, 1.165) is 4.68 Å². The fourth-order valence-electron chi connectivity index (χ4n) is 3.03. The molecule has 136 valence electrons. The number of rotatable bonds is 2. The van der Waals surface area contributed by atoms with Crippen LogP contribution >= 0.6 is 0 Å². The Labute approximate surface area is 159 Å². The Balaban J connectivity index is 2.14. The molecule has 1 N–H and O–H groups in total. The standard InChI is InChI=1S/C19H14BN5O3/c1-10(26)23-25-17(22-15-8-7-11(20)9-13(15)19(25)28)16-21-14-6-4-3-5-12(14)18(27)24(16)2/h3-9H,1-2H3,(H,23,26). The van der Waals surface area contributed by atoms with Crippen molar-refractivity contribution in [2.45, 2.75) is 6.92 Å². The number of benzene rings is 2. The highest BCUT2D eigenvalue weighted by Crippen LogP contribution is 2.17. The maximum absolute atomic E-state index is 13.0. The number of nitrogens with one attached hydrogen (secondary N) is 1. The summed E-state index contributed by atoms with van der Waals surface area (Å²) >= 11 is 0. The van der Waals surface area contributed by atoms with Gasteiger partial charge in [0.15, 0.2) is 11.6 Å². The molecule has 0 saturated carbocycles. The Morgan fingerprint density at radius 3 is 2.39 bits per heavy atom. The van der Waals surface area contributed by atoms with Crippen molar-refractivity contribution in [1.29, 1.82) is 0 Å². The van der Waals surface area contributed by atoms with Gasteiger partial charge in [-0.2, -0.15) is 4.68 Å². The molecule has 28 heavy (non-hydrogen) atoms. The van der Waals surface area contributed by atoms with Gasteiger partial charge in [0.25, 0.3) is 11.1 Å². The Morgan fingerprint density at radius 2 is 1.64 bits per heavy atom. The highest BCUT2D eigenvalue weighted by Gasteiger charge is 2.19. The predicted molar refractivity (Wildman–Crippen MR) is 107 cm³/mol. The molecule has 2 heterocycles. The van der Waals surface area contributed by atoms with Crippen molar-refractivity contribution in [3.63, 3.8) is 0 Å². The third kappa shape index (κ3) is 2.77. The lowest BCUT2D eigenvalue weighted by Gasteiger charge is -2.15. The zero-order valence-electron chi connectivity index (χ0n) is 15.1. The van der Waals surface area contributed by atoms with Gasteiger partial charge in [0.05, 0.1) is 21.8 Å². The molecule has 1 amide bonds. The minimum absolute atomic E-state index is 0.0443. The van der Waals surface area contributed by atoms with E-state index in [0.29, 0.717) is 21.9 Å². The molecule has 4 aromatic rings. The van der Waals surface area contributed by atoms with Gasteiger partial charge in [-0.25, -0.2) is 9.97 Å². The molecule has 0 aliphatic heterocycles. The normalized spacial score (nSPS) is 11.1. The molecule has 2 aromatic heterocycles. The first-order valence-corrected chi connectivity index (χ1v) is 8.43. The molecule has 0 aliphatic carbocycles. The molecule has 2 aromatic carbocycles. The number of para-hydroxylation sites is 1. The lowest BCUT2D eigenvalue weighted by molar-refractivity contribution is -0.115. The summed E-state index contributed by atoms with van der Waals surface area (Å²) in [6.45, 7) is 1.27. The molecule has 0 spiro atoms. The smallest absolute Gasteiger partial charge is 0.280 e. The highest BCUT2D eigenvalue weighted by atomic mass is 16.2. The summed E-state index contributed by atoms with van der Waals surface area (Å²) in [7, 11) is 7.31. The van der Waals surface area contributed by atoms with Crippen molar-refractivity contribution in [1.82, 2.24) is 19.2 Å². The predicted octanol–water partition coefficient (Wildman–Crippen LogP) is 0.194. The van der Waals surface area contributed by atoms with Crippen LogP contribution in [0.3, 0.4) is 0 Å². The lowest BCUT2D eigenvalue weighted by atomic mass is 9.95. The number of amides is 1. The number of carbonyl (C=O) groups is 1. The zero-order chi connectivity index (χ0) is 20.0. The van der Waals surface area contributed by atoms with E-state index in [9.17, 15) is 14.4 Å². The van der Waals surface area contributed by atoms with E-state index < -0.39 is 11.5 Å². The minimum Gasteiger partial charge on any atom is -0.293 e. The lowest BCUT2D eigenvalue weighted by Crippen LogP contribution is -2.35. The van der Waals surface area contributed by atoms with Crippen LogP contribution in [-0.4, -0.2) is 33.0 Å². The second-order valence-corrected chi connectivity index (χ2v) is 6.34. The molecule has 0 bridgehead atoms. The maximum Gasteiger partial charge on any atom is 0.280 e. The van der Waals surface area contributed by atoms with Crippen LogP contribution in [0.2, 0.25) is 0 Å². The molecular formula is C19H14BN5O3. The van der Waals surface area contributed by atoms with Crippen LogP contribution in [-0.2, 0) is 11.8 Å². The SMILES string of the molecule is [B]c1ccc2nc(-c3nc4ccccc4c(=O)n3C)n(NC(C)=O)c(=O)c2c1. The van der Waals surface area contributed by atoms with Crippen molar-refractivity contribution in [2.24, 2.45) is 7.05 Å². The van der Waals surface area contributed by atoms with Gasteiger partial charge in [0, 0.05) is 14.0 Å². The third-order valence-corrected chi connectivity index (χ3v) is 4.34. The van der Waals surface area contributed by atoms with E-state index >= 15 is 0 Å². The Hall–Kier alpha value is -3.75. The monoisotopic (exact) mass is 371 g/mol. The van der Waals surface area contributed by atoms with Crippen LogP contribution in [0.4, 0.5) is 0 Å². The van der Waals surface area contributed by atoms with Crippen LogP contribution < -0.4 is 22.0 Å². The van der Waals surface area contributed by atoms with E-state index in [1.165, 1.54) is 24.6 Å². The van der Waals surface area contributed by atoms with Crippen LogP contribution in [0, 0.1) is 0 Å². The molecule has 0 saturated heterocycles. The average Bonchev–Trinajstić information content (AvgIpc) is 2.67. The summed E-state index contributed by atoms with van der Waals surface area (Å²) < 4.78 is 2.28.